The maximum absolute atomic E-state index is 10.7. The van der Waals surface area contributed by atoms with Crippen LogP contribution in [-0.2, 0) is 38.7 Å². The first-order valence-corrected chi connectivity index (χ1v) is 5.95. The van der Waals surface area contributed by atoms with Gasteiger partial charge in [-0.3, -0.25) is 29.0 Å². The monoisotopic (exact) mass is 443 g/mol. The van der Waals surface area contributed by atoms with E-state index in [1.54, 1.807) is 0 Å². The SMILES string of the molecule is CC(CN(CC(=O)O)CC(=O)O)N(CC(=O)O)CC(=O)O.[Cl-].[Ru+3]. The van der Waals surface area contributed by atoms with Crippen LogP contribution in [-0.4, -0.2) is 92.9 Å². The molecule has 0 amide bonds. The van der Waals surface area contributed by atoms with E-state index in [4.69, 9.17) is 20.4 Å². The summed E-state index contributed by atoms with van der Waals surface area (Å²) in [6.07, 6.45) is 0. The molecule has 1 radical (unpaired) electrons. The van der Waals surface area contributed by atoms with Crippen molar-refractivity contribution in [1.82, 2.24) is 9.80 Å². The molecule has 0 spiro atoms. The minimum Gasteiger partial charge on any atom is -1.00 e. The molecule has 4 N–H and O–H groups in total. The number of carboxylic acid groups (broad SMARTS) is 4. The van der Waals surface area contributed by atoms with Crippen molar-refractivity contribution in [3.63, 3.8) is 0 Å². The predicted molar refractivity (Wildman–Crippen MR) is 68.0 cm³/mol. The van der Waals surface area contributed by atoms with Gasteiger partial charge in [-0.25, -0.2) is 0 Å². The fourth-order valence-corrected chi connectivity index (χ4v) is 1.77. The van der Waals surface area contributed by atoms with Gasteiger partial charge in [-0.1, -0.05) is 0 Å². The van der Waals surface area contributed by atoms with Crippen molar-refractivity contribution >= 4 is 23.9 Å². The number of halogens is 1. The Morgan fingerprint density at radius 1 is 0.783 bits per heavy atom. The average molecular weight is 443 g/mol. The molecule has 1 unspecified atom stereocenters. The van der Waals surface area contributed by atoms with Gasteiger partial charge in [0.25, 0.3) is 0 Å². The minimum absolute atomic E-state index is 0. The van der Waals surface area contributed by atoms with E-state index in [9.17, 15) is 19.2 Å². The Balaban J connectivity index is -0.00000200. The summed E-state index contributed by atoms with van der Waals surface area (Å²) in [5.41, 5.74) is 0. The number of carbonyl (C=O) groups is 4. The Kier molecular flexibility index (Phi) is 15.2. The number of hydrogen-bond acceptors (Lipinski definition) is 6. The van der Waals surface area contributed by atoms with E-state index >= 15 is 0 Å². The molecule has 0 saturated carbocycles. The molecule has 0 aromatic rings. The van der Waals surface area contributed by atoms with Crippen LogP contribution in [0.4, 0.5) is 0 Å². The molecule has 0 rings (SSSR count). The molecule has 0 aliphatic carbocycles. The molecule has 23 heavy (non-hydrogen) atoms. The zero-order valence-electron chi connectivity index (χ0n) is 12.2. The zero-order valence-corrected chi connectivity index (χ0v) is 14.7. The van der Waals surface area contributed by atoms with Crippen molar-refractivity contribution in [3.05, 3.63) is 0 Å². The van der Waals surface area contributed by atoms with Crippen molar-refractivity contribution in [1.29, 1.82) is 0 Å². The molecular weight excluding hydrogens is 425 g/mol. The molecule has 0 heterocycles. The fraction of sp³-hybridized carbons (Fsp3) is 0.636. The van der Waals surface area contributed by atoms with E-state index in [0.717, 1.165) is 9.80 Å². The number of nitrogens with zero attached hydrogens (tertiary/aromatic N) is 2. The van der Waals surface area contributed by atoms with Gasteiger partial charge in [-0.15, -0.1) is 0 Å². The van der Waals surface area contributed by atoms with Crippen LogP contribution < -0.4 is 12.4 Å². The van der Waals surface area contributed by atoms with Crippen LogP contribution in [0.5, 0.6) is 0 Å². The molecule has 1 atom stereocenters. The van der Waals surface area contributed by atoms with Crippen LogP contribution in [0.25, 0.3) is 0 Å². The standard InChI is InChI=1S/C11H18N2O8.ClH.Ru/c1-7(13(5-10(18)19)6-11(20)21)2-12(3-8(14)15)4-9(16)17;;/h7H,2-6H2,1H3,(H,14,15)(H,16,17)(H,18,19)(H,20,21);1H;/q;;+3/p-1. The van der Waals surface area contributed by atoms with Crippen LogP contribution in [0.3, 0.4) is 0 Å². The molecule has 0 bridgehead atoms. The molecule has 0 aliphatic heterocycles. The Morgan fingerprint density at radius 3 is 1.35 bits per heavy atom. The quantitative estimate of drug-likeness (QED) is 0.229. The van der Waals surface area contributed by atoms with Crippen molar-refractivity contribution in [2.45, 2.75) is 13.0 Å². The summed E-state index contributed by atoms with van der Waals surface area (Å²) in [4.78, 5) is 44.9. The summed E-state index contributed by atoms with van der Waals surface area (Å²) in [6.45, 7) is -0.736. The summed E-state index contributed by atoms with van der Waals surface area (Å²) in [7, 11) is 0. The predicted octanol–water partition coefficient (Wildman–Crippen LogP) is -4.68. The summed E-state index contributed by atoms with van der Waals surface area (Å²) in [5, 5.41) is 34.9. The van der Waals surface area contributed by atoms with E-state index in [-0.39, 0.29) is 38.4 Å². The Bertz CT molecular complexity index is 391. The van der Waals surface area contributed by atoms with Crippen molar-refractivity contribution < 1.29 is 71.5 Å². The van der Waals surface area contributed by atoms with Gasteiger partial charge >= 0.3 is 43.4 Å². The van der Waals surface area contributed by atoms with Gasteiger partial charge in [-0.2, -0.15) is 0 Å². The van der Waals surface area contributed by atoms with E-state index in [1.807, 2.05) is 0 Å². The average Bonchev–Trinajstić information content (AvgIpc) is 2.24. The van der Waals surface area contributed by atoms with Gasteiger partial charge in [0.15, 0.2) is 0 Å². The number of hydrogen-bond donors (Lipinski definition) is 4. The molecule has 0 aromatic heterocycles. The molecule has 0 aromatic carbocycles. The normalized spacial score (nSPS) is 11.3. The van der Waals surface area contributed by atoms with Crippen LogP contribution in [0.2, 0.25) is 0 Å². The third-order valence-electron chi connectivity index (χ3n) is 2.54. The van der Waals surface area contributed by atoms with Crippen LogP contribution >= 0.6 is 0 Å². The smallest absolute Gasteiger partial charge is 1.00 e. The molecule has 133 valence electrons. The summed E-state index contributed by atoms with van der Waals surface area (Å²) in [6, 6.07) is -0.643. The summed E-state index contributed by atoms with van der Waals surface area (Å²) in [5.74, 6) is -4.92. The molecular formula is C11H18ClN2O8Ru+2. The van der Waals surface area contributed by atoms with E-state index in [0.29, 0.717) is 0 Å². The molecule has 10 nitrogen and oxygen atoms in total. The largest absolute Gasteiger partial charge is 3.00 e. The van der Waals surface area contributed by atoms with Gasteiger partial charge in [-0.05, 0) is 6.92 Å². The Hall–Kier alpha value is -1.29. The summed E-state index contributed by atoms with van der Waals surface area (Å²) < 4.78 is 0. The van der Waals surface area contributed by atoms with Crippen LogP contribution in [0.15, 0.2) is 0 Å². The minimum atomic E-state index is -1.23. The first kappa shape index (κ1) is 26.6. The molecule has 0 saturated heterocycles. The maximum atomic E-state index is 10.7. The summed E-state index contributed by atoms with van der Waals surface area (Å²) >= 11 is 0. The van der Waals surface area contributed by atoms with E-state index < -0.39 is 56.1 Å². The first-order valence-electron chi connectivity index (χ1n) is 5.95. The Labute approximate surface area is 151 Å². The zero-order chi connectivity index (χ0) is 16.6. The Morgan fingerprint density at radius 2 is 1.09 bits per heavy atom. The number of carboxylic acids is 4. The number of aliphatic carboxylic acids is 4. The van der Waals surface area contributed by atoms with Crippen molar-refractivity contribution in [3.8, 4) is 0 Å². The van der Waals surface area contributed by atoms with E-state index in [1.165, 1.54) is 6.92 Å². The molecule has 12 heteroatoms. The topological polar surface area (TPSA) is 156 Å². The second kappa shape index (κ2) is 13.2. The second-order valence-corrected chi connectivity index (χ2v) is 4.50. The first-order chi connectivity index (χ1) is 9.61. The van der Waals surface area contributed by atoms with Gasteiger partial charge < -0.3 is 32.8 Å². The molecule has 0 aliphatic rings. The van der Waals surface area contributed by atoms with Gasteiger partial charge in [0.1, 0.15) is 0 Å². The van der Waals surface area contributed by atoms with Crippen molar-refractivity contribution in [2.75, 3.05) is 32.7 Å². The second-order valence-electron chi connectivity index (χ2n) is 4.50. The third-order valence-corrected chi connectivity index (χ3v) is 2.54. The van der Waals surface area contributed by atoms with Crippen molar-refractivity contribution in [2.24, 2.45) is 0 Å². The van der Waals surface area contributed by atoms with E-state index in [2.05, 4.69) is 0 Å². The van der Waals surface area contributed by atoms with Crippen LogP contribution in [0, 0.1) is 0 Å². The number of rotatable bonds is 11. The van der Waals surface area contributed by atoms with Gasteiger partial charge in [0, 0.05) is 12.6 Å². The van der Waals surface area contributed by atoms with Crippen LogP contribution in [0.1, 0.15) is 6.92 Å². The van der Waals surface area contributed by atoms with Gasteiger partial charge in [0.2, 0.25) is 0 Å². The maximum Gasteiger partial charge on any atom is 3.00 e. The molecule has 0 fully saturated rings. The van der Waals surface area contributed by atoms with Gasteiger partial charge in [0.05, 0.1) is 26.2 Å². The third kappa shape index (κ3) is 14.1. The fourth-order valence-electron chi connectivity index (χ4n) is 1.77.